The number of benzene rings is 1. The average Bonchev–Trinajstić information content (AvgIpc) is 3.14. The standard InChI is InChI=1S/C16H12F5N5OS/c17-15(18,14(27)8-26-9-23-24-25-26)13-6-3-11(7-22-13)10-1-4-12(5-2-10)28-16(19,20)21/h1-7,9,14,27H,8H2. The molecule has 1 N–H and O–H groups in total. The lowest BCUT2D eigenvalue weighted by Gasteiger charge is -2.21. The predicted octanol–water partition coefficient (Wildman–Crippen LogP) is 3.50. The number of aliphatic hydroxyl groups excluding tert-OH is 1. The van der Waals surface area contributed by atoms with E-state index in [0.29, 0.717) is 11.1 Å². The second kappa shape index (κ2) is 7.80. The number of hydrogen-bond acceptors (Lipinski definition) is 6. The first-order valence-electron chi connectivity index (χ1n) is 7.74. The zero-order valence-corrected chi connectivity index (χ0v) is 14.7. The molecule has 0 aliphatic rings. The number of hydrogen-bond donors (Lipinski definition) is 1. The summed E-state index contributed by atoms with van der Waals surface area (Å²) in [5.41, 5.74) is -4.08. The normalized spacial score (nSPS) is 13.5. The minimum Gasteiger partial charge on any atom is -0.384 e. The third-order valence-electron chi connectivity index (χ3n) is 3.70. The van der Waals surface area contributed by atoms with E-state index in [9.17, 15) is 27.1 Å². The van der Waals surface area contributed by atoms with Crippen LogP contribution < -0.4 is 0 Å². The first-order chi connectivity index (χ1) is 13.1. The highest BCUT2D eigenvalue weighted by Gasteiger charge is 2.42. The van der Waals surface area contributed by atoms with Gasteiger partial charge in [-0.05, 0) is 46.0 Å². The zero-order valence-electron chi connectivity index (χ0n) is 13.9. The van der Waals surface area contributed by atoms with Gasteiger partial charge in [-0.15, -0.1) is 5.10 Å². The van der Waals surface area contributed by atoms with Gasteiger partial charge in [0.25, 0.3) is 0 Å². The summed E-state index contributed by atoms with van der Waals surface area (Å²) >= 11 is -0.244. The SMILES string of the molecule is OC(Cn1cnnn1)C(F)(F)c1ccc(-c2ccc(SC(F)(F)F)cc2)cn1. The summed E-state index contributed by atoms with van der Waals surface area (Å²) < 4.78 is 66.8. The molecule has 3 aromatic rings. The van der Waals surface area contributed by atoms with Crippen LogP contribution in [0.25, 0.3) is 11.1 Å². The van der Waals surface area contributed by atoms with Gasteiger partial charge in [-0.3, -0.25) is 4.98 Å². The van der Waals surface area contributed by atoms with Crippen LogP contribution in [0, 0.1) is 0 Å². The summed E-state index contributed by atoms with van der Waals surface area (Å²) in [4.78, 5) is 3.71. The van der Waals surface area contributed by atoms with Crippen molar-refractivity contribution in [3.8, 4) is 11.1 Å². The van der Waals surface area contributed by atoms with Gasteiger partial charge in [0, 0.05) is 16.7 Å². The maximum atomic E-state index is 14.4. The lowest BCUT2D eigenvalue weighted by Crippen LogP contribution is -2.35. The molecule has 0 aliphatic heterocycles. The molecule has 0 spiro atoms. The molecule has 6 nitrogen and oxygen atoms in total. The molecule has 0 fully saturated rings. The molecule has 1 aromatic carbocycles. The number of tetrazole rings is 1. The lowest BCUT2D eigenvalue weighted by atomic mass is 10.0. The quantitative estimate of drug-likeness (QED) is 0.489. The Labute approximate surface area is 159 Å². The van der Waals surface area contributed by atoms with Gasteiger partial charge < -0.3 is 5.11 Å². The molecule has 148 valence electrons. The van der Waals surface area contributed by atoms with Crippen LogP contribution >= 0.6 is 11.8 Å². The van der Waals surface area contributed by atoms with Crippen molar-refractivity contribution in [1.29, 1.82) is 0 Å². The Hall–Kier alpha value is -2.60. The fraction of sp³-hybridized carbons (Fsp3) is 0.250. The maximum Gasteiger partial charge on any atom is 0.446 e. The van der Waals surface area contributed by atoms with Gasteiger partial charge in [0.2, 0.25) is 0 Å². The molecule has 0 bridgehead atoms. The van der Waals surface area contributed by atoms with E-state index in [-0.39, 0.29) is 16.7 Å². The maximum absolute atomic E-state index is 14.4. The largest absolute Gasteiger partial charge is 0.446 e. The van der Waals surface area contributed by atoms with E-state index < -0.39 is 29.8 Å². The second-order valence-corrected chi connectivity index (χ2v) is 6.81. The molecule has 3 rings (SSSR count). The van der Waals surface area contributed by atoms with E-state index in [1.54, 1.807) is 0 Å². The van der Waals surface area contributed by atoms with Crippen LogP contribution in [0.3, 0.4) is 0 Å². The van der Waals surface area contributed by atoms with Crippen LogP contribution in [0.5, 0.6) is 0 Å². The van der Waals surface area contributed by atoms with Crippen molar-refractivity contribution < 1.29 is 27.1 Å². The molecule has 1 unspecified atom stereocenters. The first-order valence-corrected chi connectivity index (χ1v) is 8.56. The summed E-state index contributed by atoms with van der Waals surface area (Å²) in [6.45, 7) is -0.526. The van der Waals surface area contributed by atoms with Crippen molar-refractivity contribution in [2.24, 2.45) is 0 Å². The van der Waals surface area contributed by atoms with E-state index in [1.165, 1.54) is 36.5 Å². The van der Waals surface area contributed by atoms with E-state index in [0.717, 1.165) is 17.1 Å². The summed E-state index contributed by atoms with van der Waals surface area (Å²) in [7, 11) is 0. The number of rotatable bonds is 6. The topological polar surface area (TPSA) is 76.7 Å². The Kier molecular flexibility index (Phi) is 5.61. The fourth-order valence-corrected chi connectivity index (χ4v) is 2.88. The highest BCUT2D eigenvalue weighted by molar-refractivity contribution is 8.00. The predicted molar refractivity (Wildman–Crippen MR) is 89.3 cm³/mol. The van der Waals surface area contributed by atoms with Crippen LogP contribution in [0.15, 0.2) is 53.8 Å². The Balaban J connectivity index is 1.73. The van der Waals surface area contributed by atoms with Gasteiger partial charge >= 0.3 is 11.4 Å². The van der Waals surface area contributed by atoms with E-state index in [1.807, 2.05) is 0 Å². The number of halogens is 5. The van der Waals surface area contributed by atoms with Gasteiger partial charge in [-0.2, -0.15) is 22.0 Å². The molecule has 0 saturated carbocycles. The Morgan fingerprint density at radius 2 is 1.68 bits per heavy atom. The Bertz CT molecular complexity index is 901. The van der Waals surface area contributed by atoms with Crippen molar-refractivity contribution in [3.63, 3.8) is 0 Å². The zero-order chi connectivity index (χ0) is 20.4. The minimum absolute atomic E-state index is 0.0121. The van der Waals surface area contributed by atoms with Crippen molar-refractivity contribution in [2.75, 3.05) is 0 Å². The Morgan fingerprint density at radius 3 is 2.21 bits per heavy atom. The highest BCUT2D eigenvalue weighted by atomic mass is 32.2. The summed E-state index contributed by atoms with van der Waals surface area (Å²) in [6.07, 6.45) is 0.156. The third kappa shape index (κ3) is 4.81. The molecule has 0 amide bonds. The lowest BCUT2D eigenvalue weighted by molar-refractivity contribution is -0.124. The number of pyridine rings is 1. The van der Waals surface area contributed by atoms with E-state index >= 15 is 0 Å². The molecule has 2 aromatic heterocycles. The van der Waals surface area contributed by atoms with Crippen LogP contribution in [-0.2, 0) is 12.5 Å². The molecule has 2 heterocycles. The summed E-state index contributed by atoms with van der Waals surface area (Å²) in [6, 6.07) is 7.85. The van der Waals surface area contributed by atoms with Crippen molar-refractivity contribution in [3.05, 3.63) is 54.6 Å². The van der Waals surface area contributed by atoms with Gasteiger partial charge in [0.05, 0.1) is 6.54 Å². The molecule has 12 heteroatoms. The molecular weight excluding hydrogens is 405 g/mol. The van der Waals surface area contributed by atoms with Crippen LogP contribution in [0.1, 0.15) is 5.69 Å². The first kappa shape index (κ1) is 20.1. The Morgan fingerprint density at radius 1 is 1.00 bits per heavy atom. The van der Waals surface area contributed by atoms with Crippen LogP contribution in [0.2, 0.25) is 0 Å². The van der Waals surface area contributed by atoms with Gasteiger partial charge in [0.1, 0.15) is 18.1 Å². The van der Waals surface area contributed by atoms with Crippen LogP contribution in [0.4, 0.5) is 22.0 Å². The van der Waals surface area contributed by atoms with E-state index in [2.05, 4.69) is 20.5 Å². The van der Waals surface area contributed by atoms with Crippen molar-refractivity contribution >= 4 is 11.8 Å². The molecule has 0 aliphatic carbocycles. The summed E-state index contributed by atoms with van der Waals surface area (Å²) in [5.74, 6) is -3.66. The second-order valence-electron chi connectivity index (χ2n) is 5.67. The molecule has 28 heavy (non-hydrogen) atoms. The summed E-state index contributed by atoms with van der Waals surface area (Å²) in [5, 5.41) is 19.8. The van der Waals surface area contributed by atoms with Crippen molar-refractivity contribution in [2.45, 2.75) is 29.0 Å². The number of alkyl halides is 5. The highest BCUT2D eigenvalue weighted by Crippen LogP contribution is 2.37. The number of thioether (sulfide) groups is 1. The van der Waals surface area contributed by atoms with Gasteiger partial charge in [-0.25, -0.2) is 4.68 Å². The number of nitrogens with zero attached hydrogens (tertiary/aromatic N) is 5. The van der Waals surface area contributed by atoms with Gasteiger partial charge in [-0.1, -0.05) is 18.2 Å². The van der Waals surface area contributed by atoms with Crippen LogP contribution in [-0.4, -0.2) is 41.9 Å². The van der Waals surface area contributed by atoms with Gasteiger partial charge in [0.15, 0.2) is 0 Å². The molecule has 1 atom stereocenters. The third-order valence-corrected chi connectivity index (χ3v) is 4.44. The molecular formula is C16H12F5N5OS. The molecule has 0 saturated heterocycles. The fourth-order valence-electron chi connectivity index (χ4n) is 2.34. The average molecular weight is 417 g/mol. The number of aromatic nitrogens is 5. The molecule has 0 radical (unpaired) electrons. The van der Waals surface area contributed by atoms with Crippen molar-refractivity contribution in [1.82, 2.24) is 25.2 Å². The smallest absolute Gasteiger partial charge is 0.384 e. The minimum atomic E-state index is -4.39. The number of aliphatic hydroxyl groups is 1. The monoisotopic (exact) mass is 417 g/mol. The van der Waals surface area contributed by atoms with E-state index in [4.69, 9.17) is 0 Å².